The molecule has 2 aromatic carbocycles. The van der Waals surface area contributed by atoms with E-state index in [1.165, 1.54) is 6.07 Å². The quantitative estimate of drug-likeness (QED) is 0.550. The van der Waals surface area contributed by atoms with E-state index in [1.807, 2.05) is 17.2 Å². The summed E-state index contributed by atoms with van der Waals surface area (Å²) in [4.78, 5) is 1.66. The van der Waals surface area contributed by atoms with Gasteiger partial charge in [0, 0.05) is 23.5 Å². The zero-order chi connectivity index (χ0) is 14.3. The van der Waals surface area contributed by atoms with Crippen LogP contribution in [-0.4, -0.2) is 15.3 Å². The highest BCUT2D eigenvalue weighted by Gasteiger charge is 2.25. The van der Waals surface area contributed by atoms with Gasteiger partial charge in [-0.2, -0.15) is 0 Å². The van der Waals surface area contributed by atoms with Gasteiger partial charge < -0.3 is 20.2 Å². The van der Waals surface area contributed by atoms with E-state index >= 15 is 0 Å². The lowest BCUT2D eigenvalue weighted by molar-refractivity contribution is 0.445. The molecule has 0 bridgehead atoms. The predicted octanol–water partition coefficient (Wildman–Crippen LogP) is 3.69. The third-order valence-corrected chi connectivity index (χ3v) is 4.12. The molecular formula is C15H12BrNO3. The summed E-state index contributed by atoms with van der Waals surface area (Å²) >= 11 is 3.55. The van der Waals surface area contributed by atoms with Crippen LogP contribution in [0.4, 0.5) is 5.69 Å². The van der Waals surface area contributed by atoms with Crippen molar-refractivity contribution < 1.29 is 15.3 Å². The van der Waals surface area contributed by atoms with Crippen molar-refractivity contribution in [3.63, 3.8) is 0 Å². The SMILES string of the molecule is Oc1ccc(N2C=Cc3cc(O)cc(O)c3C2Br)cc1. The van der Waals surface area contributed by atoms with Gasteiger partial charge in [0.05, 0.1) is 0 Å². The van der Waals surface area contributed by atoms with Crippen molar-refractivity contribution in [2.75, 3.05) is 4.90 Å². The number of anilines is 1. The molecule has 20 heavy (non-hydrogen) atoms. The number of hydrogen-bond donors (Lipinski definition) is 3. The van der Waals surface area contributed by atoms with Gasteiger partial charge in [0.25, 0.3) is 0 Å². The van der Waals surface area contributed by atoms with Crippen molar-refractivity contribution in [3.8, 4) is 17.2 Å². The van der Waals surface area contributed by atoms with Crippen LogP contribution in [0.3, 0.4) is 0 Å². The molecule has 0 fully saturated rings. The highest BCUT2D eigenvalue weighted by molar-refractivity contribution is 9.09. The van der Waals surface area contributed by atoms with Crippen LogP contribution in [0, 0.1) is 0 Å². The number of nitrogens with zero attached hydrogens (tertiary/aromatic N) is 1. The highest BCUT2D eigenvalue weighted by Crippen LogP contribution is 2.44. The maximum Gasteiger partial charge on any atom is 0.126 e. The minimum Gasteiger partial charge on any atom is -0.508 e. The number of benzene rings is 2. The summed E-state index contributed by atoms with van der Waals surface area (Å²) in [6.45, 7) is 0. The summed E-state index contributed by atoms with van der Waals surface area (Å²) in [5.74, 6) is 0.271. The summed E-state index contributed by atoms with van der Waals surface area (Å²) in [5.41, 5.74) is 2.33. The second kappa shape index (κ2) is 4.76. The van der Waals surface area contributed by atoms with Crippen molar-refractivity contribution >= 4 is 27.7 Å². The zero-order valence-electron chi connectivity index (χ0n) is 10.4. The third-order valence-electron chi connectivity index (χ3n) is 3.22. The van der Waals surface area contributed by atoms with Gasteiger partial charge in [-0.05, 0) is 42.0 Å². The van der Waals surface area contributed by atoms with Crippen molar-refractivity contribution in [1.29, 1.82) is 0 Å². The number of hydrogen-bond acceptors (Lipinski definition) is 4. The molecule has 1 heterocycles. The first kappa shape index (κ1) is 12.9. The predicted molar refractivity (Wildman–Crippen MR) is 81.1 cm³/mol. The van der Waals surface area contributed by atoms with Gasteiger partial charge >= 0.3 is 0 Å². The van der Waals surface area contributed by atoms with E-state index in [-0.39, 0.29) is 22.2 Å². The van der Waals surface area contributed by atoms with E-state index in [2.05, 4.69) is 15.9 Å². The summed E-state index contributed by atoms with van der Waals surface area (Å²) in [6.07, 6.45) is 3.67. The van der Waals surface area contributed by atoms with Gasteiger partial charge in [-0.3, -0.25) is 0 Å². The number of phenols is 3. The van der Waals surface area contributed by atoms with Gasteiger partial charge in [-0.1, -0.05) is 15.9 Å². The summed E-state index contributed by atoms with van der Waals surface area (Å²) in [7, 11) is 0. The molecule has 0 saturated heterocycles. The first-order valence-corrected chi connectivity index (χ1v) is 6.93. The molecule has 3 N–H and O–H groups in total. The van der Waals surface area contributed by atoms with Crippen LogP contribution < -0.4 is 4.90 Å². The Hall–Kier alpha value is -2.14. The topological polar surface area (TPSA) is 63.9 Å². The fourth-order valence-corrected chi connectivity index (χ4v) is 3.13. The van der Waals surface area contributed by atoms with Gasteiger partial charge in [-0.25, -0.2) is 0 Å². The normalized spacial score (nSPS) is 17.1. The summed E-state index contributed by atoms with van der Waals surface area (Å²) < 4.78 is 0. The highest BCUT2D eigenvalue weighted by atomic mass is 79.9. The van der Waals surface area contributed by atoms with Crippen molar-refractivity contribution in [2.45, 2.75) is 4.95 Å². The molecule has 0 aliphatic carbocycles. The lowest BCUT2D eigenvalue weighted by Crippen LogP contribution is -2.21. The monoisotopic (exact) mass is 333 g/mol. The van der Waals surface area contributed by atoms with E-state index in [4.69, 9.17) is 0 Å². The number of rotatable bonds is 1. The third kappa shape index (κ3) is 2.10. The van der Waals surface area contributed by atoms with Gasteiger partial charge in [0.2, 0.25) is 0 Å². The molecule has 1 unspecified atom stereocenters. The van der Waals surface area contributed by atoms with E-state index in [9.17, 15) is 15.3 Å². The van der Waals surface area contributed by atoms with E-state index in [1.54, 1.807) is 30.3 Å². The van der Waals surface area contributed by atoms with Crippen molar-refractivity contribution in [2.24, 2.45) is 0 Å². The molecule has 1 aliphatic rings. The lowest BCUT2D eigenvalue weighted by Gasteiger charge is -2.31. The van der Waals surface area contributed by atoms with E-state index in [0.717, 1.165) is 11.3 Å². The molecule has 0 radical (unpaired) electrons. The Morgan fingerprint density at radius 2 is 1.65 bits per heavy atom. The van der Waals surface area contributed by atoms with Crippen LogP contribution in [0.1, 0.15) is 16.1 Å². The number of fused-ring (bicyclic) bond motifs is 1. The van der Waals surface area contributed by atoms with Crippen LogP contribution in [0.15, 0.2) is 42.6 Å². The molecule has 3 rings (SSSR count). The number of phenolic OH excluding ortho intramolecular Hbond substituents is 3. The van der Waals surface area contributed by atoms with Crippen LogP contribution in [-0.2, 0) is 0 Å². The first-order chi connectivity index (χ1) is 9.56. The molecule has 0 amide bonds. The van der Waals surface area contributed by atoms with Gasteiger partial charge in [0.1, 0.15) is 22.2 Å². The Morgan fingerprint density at radius 1 is 0.950 bits per heavy atom. The Labute approximate surface area is 124 Å². The van der Waals surface area contributed by atoms with Crippen molar-refractivity contribution in [1.82, 2.24) is 0 Å². The standard InChI is InChI=1S/C15H12BrNO3/c16-15-14-9(7-12(19)8-13(14)20)5-6-17(15)10-1-3-11(18)4-2-10/h1-8,15,18-20H. The van der Waals surface area contributed by atoms with Crippen LogP contribution in [0.2, 0.25) is 0 Å². The molecule has 1 atom stereocenters. The summed E-state index contributed by atoms with van der Waals surface area (Å²) in [5, 5.41) is 28.9. The largest absolute Gasteiger partial charge is 0.508 e. The molecule has 5 heteroatoms. The van der Waals surface area contributed by atoms with Crippen LogP contribution in [0.5, 0.6) is 17.2 Å². The molecule has 4 nitrogen and oxygen atoms in total. The fraction of sp³-hybridized carbons (Fsp3) is 0.0667. The Kier molecular flexibility index (Phi) is 3.06. The molecule has 0 saturated carbocycles. The minimum absolute atomic E-state index is 0.0312. The second-order valence-corrected chi connectivity index (χ2v) is 5.41. The molecule has 1 aliphatic heterocycles. The lowest BCUT2D eigenvalue weighted by atomic mass is 10.0. The first-order valence-electron chi connectivity index (χ1n) is 6.02. The smallest absolute Gasteiger partial charge is 0.126 e. The Balaban J connectivity index is 2.05. The number of aromatic hydroxyl groups is 3. The van der Waals surface area contributed by atoms with Crippen LogP contribution >= 0.6 is 15.9 Å². The second-order valence-electron chi connectivity index (χ2n) is 4.54. The van der Waals surface area contributed by atoms with Crippen molar-refractivity contribution in [3.05, 3.63) is 53.7 Å². The summed E-state index contributed by atoms with van der Waals surface area (Å²) in [6, 6.07) is 9.71. The molecule has 102 valence electrons. The molecule has 2 aromatic rings. The number of alkyl halides is 1. The molecule has 0 spiro atoms. The zero-order valence-corrected chi connectivity index (χ0v) is 11.9. The average Bonchev–Trinajstić information content (AvgIpc) is 2.39. The Morgan fingerprint density at radius 3 is 2.35 bits per heavy atom. The van der Waals surface area contributed by atoms with E-state index < -0.39 is 0 Å². The maximum atomic E-state index is 10.0. The van der Waals surface area contributed by atoms with E-state index in [0.29, 0.717) is 5.56 Å². The fourth-order valence-electron chi connectivity index (χ4n) is 2.26. The molecular weight excluding hydrogens is 322 g/mol. The maximum absolute atomic E-state index is 10.0. The number of halogens is 1. The van der Waals surface area contributed by atoms with Gasteiger partial charge in [0.15, 0.2) is 0 Å². The minimum atomic E-state index is -0.257. The Bertz CT molecular complexity index is 682. The van der Waals surface area contributed by atoms with Gasteiger partial charge in [-0.15, -0.1) is 0 Å². The van der Waals surface area contributed by atoms with Crippen LogP contribution in [0.25, 0.3) is 6.08 Å². The average molecular weight is 334 g/mol. The molecule has 0 aromatic heterocycles.